The summed E-state index contributed by atoms with van der Waals surface area (Å²) in [5.41, 5.74) is 2.83. The summed E-state index contributed by atoms with van der Waals surface area (Å²) in [7, 11) is 1.60. The minimum Gasteiger partial charge on any atom is -0.357 e. The van der Waals surface area contributed by atoms with Crippen LogP contribution in [0.4, 0.5) is 0 Å². The Hall–Kier alpha value is -3.11. The molecule has 1 N–H and O–H groups in total. The number of nitrogens with one attached hydrogen (secondary N) is 1. The number of carbonyl (C=O) groups is 2. The van der Waals surface area contributed by atoms with Crippen molar-refractivity contribution in [1.29, 1.82) is 0 Å². The quantitative estimate of drug-likeness (QED) is 0.591. The van der Waals surface area contributed by atoms with E-state index in [-0.39, 0.29) is 18.2 Å². The number of amides is 2. The molecule has 0 heterocycles. The minimum absolute atomic E-state index is 0.0966. The summed E-state index contributed by atoms with van der Waals surface area (Å²) in [4.78, 5) is 27.9. The van der Waals surface area contributed by atoms with E-state index in [4.69, 9.17) is 11.6 Å². The van der Waals surface area contributed by atoms with Gasteiger partial charge in [0.25, 0.3) is 0 Å². The van der Waals surface area contributed by atoms with E-state index in [2.05, 4.69) is 5.32 Å². The Bertz CT molecular complexity index is 959. The van der Waals surface area contributed by atoms with Crippen LogP contribution >= 0.6 is 11.6 Å². The van der Waals surface area contributed by atoms with Gasteiger partial charge in [0.15, 0.2) is 0 Å². The molecule has 3 rings (SSSR count). The van der Waals surface area contributed by atoms with E-state index in [1.165, 1.54) is 0 Å². The molecular formula is C25H25ClN2O2. The molecule has 154 valence electrons. The van der Waals surface area contributed by atoms with Gasteiger partial charge in [0.2, 0.25) is 11.8 Å². The lowest BCUT2D eigenvalue weighted by Gasteiger charge is -2.31. The van der Waals surface area contributed by atoms with Crippen LogP contribution in [0, 0.1) is 0 Å². The molecule has 0 aliphatic heterocycles. The van der Waals surface area contributed by atoms with Crippen LogP contribution in [0.2, 0.25) is 5.02 Å². The van der Waals surface area contributed by atoms with Gasteiger partial charge in [0.1, 0.15) is 6.04 Å². The van der Waals surface area contributed by atoms with E-state index in [9.17, 15) is 9.59 Å². The smallest absolute Gasteiger partial charge is 0.242 e. The van der Waals surface area contributed by atoms with Gasteiger partial charge in [-0.25, -0.2) is 0 Å². The number of carbonyl (C=O) groups excluding carboxylic acids is 2. The van der Waals surface area contributed by atoms with E-state index in [0.717, 1.165) is 16.7 Å². The maximum atomic E-state index is 13.4. The summed E-state index contributed by atoms with van der Waals surface area (Å²) in [6, 6.07) is 26.1. The molecule has 0 aromatic heterocycles. The molecule has 3 aromatic carbocycles. The van der Waals surface area contributed by atoms with Crippen molar-refractivity contribution in [3.63, 3.8) is 0 Å². The molecule has 0 saturated heterocycles. The number of halogens is 1. The highest BCUT2D eigenvalue weighted by atomic mass is 35.5. The Kier molecular flexibility index (Phi) is 7.63. The Morgan fingerprint density at radius 2 is 1.40 bits per heavy atom. The fourth-order valence-corrected chi connectivity index (χ4v) is 3.51. The third kappa shape index (κ3) is 5.94. The van der Waals surface area contributed by atoms with Gasteiger partial charge < -0.3 is 10.2 Å². The molecule has 0 unspecified atom stereocenters. The number of rotatable bonds is 8. The standard InChI is InChI=1S/C25H25ClN2O2/c1-27-25(30)23(16-19-8-4-2-5-9-19)28(18-21-12-14-22(26)15-13-21)24(29)17-20-10-6-3-7-11-20/h2-15,23H,16-18H2,1H3,(H,27,30)/t23-/m0/s1. The van der Waals surface area contributed by atoms with Gasteiger partial charge >= 0.3 is 0 Å². The van der Waals surface area contributed by atoms with Crippen LogP contribution in [0.25, 0.3) is 0 Å². The Morgan fingerprint density at radius 3 is 1.97 bits per heavy atom. The maximum absolute atomic E-state index is 13.4. The van der Waals surface area contributed by atoms with Crippen molar-refractivity contribution < 1.29 is 9.59 Å². The van der Waals surface area contributed by atoms with Gasteiger partial charge in [-0.1, -0.05) is 84.4 Å². The lowest BCUT2D eigenvalue weighted by molar-refractivity contribution is -0.140. The molecule has 0 fully saturated rings. The molecular weight excluding hydrogens is 396 g/mol. The van der Waals surface area contributed by atoms with Crippen molar-refractivity contribution >= 4 is 23.4 Å². The first kappa shape index (κ1) is 21.6. The molecule has 0 spiro atoms. The van der Waals surface area contributed by atoms with Gasteiger partial charge in [0, 0.05) is 25.0 Å². The third-order valence-electron chi connectivity index (χ3n) is 4.98. The molecule has 0 aliphatic carbocycles. The van der Waals surface area contributed by atoms with Crippen molar-refractivity contribution in [3.8, 4) is 0 Å². The van der Waals surface area contributed by atoms with E-state index >= 15 is 0 Å². The van der Waals surface area contributed by atoms with Crippen molar-refractivity contribution in [2.24, 2.45) is 0 Å². The van der Waals surface area contributed by atoms with Gasteiger partial charge in [-0.3, -0.25) is 9.59 Å². The van der Waals surface area contributed by atoms with Gasteiger partial charge in [-0.15, -0.1) is 0 Å². The third-order valence-corrected chi connectivity index (χ3v) is 5.23. The molecule has 2 amide bonds. The number of hydrogen-bond acceptors (Lipinski definition) is 2. The Morgan fingerprint density at radius 1 is 0.833 bits per heavy atom. The normalized spacial score (nSPS) is 11.5. The average molecular weight is 421 g/mol. The first-order valence-corrected chi connectivity index (χ1v) is 10.3. The lowest BCUT2D eigenvalue weighted by atomic mass is 10.0. The van der Waals surface area contributed by atoms with Gasteiger partial charge in [0.05, 0.1) is 6.42 Å². The molecule has 30 heavy (non-hydrogen) atoms. The summed E-state index contributed by atoms with van der Waals surface area (Å²) in [6.07, 6.45) is 0.672. The van der Waals surface area contributed by atoms with Crippen LogP contribution in [0.5, 0.6) is 0 Å². The average Bonchev–Trinajstić information content (AvgIpc) is 2.78. The van der Waals surface area contributed by atoms with Crippen LogP contribution in [0.15, 0.2) is 84.9 Å². The summed E-state index contributed by atoms with van der Waals surface area (Å²) >= 11 is 6.02. The lowest BCUT2D eigenvalue weighted by Crippen LogP contribution is -2.50. The zero-order valence-electron chi connectivity index (χ0n) is 16.9. The topological polar surface area (TPSA) is 49.4 Å². The zero-order chi connectivity index (χ0) is 21.3. The van der Waals surface area contributed by atoms with Crippen molar-refractivity contribution in [1.82, 2.24) is 10.2 Å². The van der Waals surface area contributed by atoms with Crippen LogP contribution in [0.3, 0.4) is 0 Å². The molecule has 1 atom stereocenters. The first-order chi connectivity index (χ1) is 14.6. The van der Waals surface area contributed by atoms with E-state index in [0.29, 0.717) is 18.0 Å². The maximum Gasteiger partial charge on any atom is 0.242 e. The molecule has 5 heteroatoms. The zero-order valence-corrected chi connectivity index (χ0v) is 17.7. The van der Waals surface area contributed by atoms with Gasteiger partial charge in [-0.05, 0) is 28.8 Å². The van der Waals surface area contributed by atoms with Crippen molar-refractivity contribution in [3.05, 3.63) is 107 Å². The van der Waals surface area contributed by atoms with Crippen LogP contribution < -0.4 is 5.32 Å². The van der Waals surface area contributed by atoms with Gasteiger partial charge in [-0.2, -0.15) is 0 Å². The highest BCUT2D eigenvalue weighted by Gasteiger charge is 2.29. The van der Waals surface area contributed by atoms with E-state index in [1.54, 1.807) is 24.1 Å². The van der Waals surface area contributed by atoms with Crippen molar-refractivity contribution in [2.45, 2.75) is 25.4 Å². The Labute approximate surface area is 182 Å². The predicted octanol–water partition coefficient (Wildman–Crippen LogP) is 4.27. The number of likely N-dealkylation sites (N-methyl/N-ethyl adjacent to an activating group) is 1. The van der Waals surface area contributed by atoms with E-state index < -0.39 is 6.04 Å². The summed E-state index contributed by atoms with van der Waals surface area (Å²) < 4.78 is 0. The Balaban J connectivity index is 1.92. The highest BCUT2D eigenvalue weighted by Crippen LogP contribution is 2.18. The van der Waals surface area contributed by atoms with Crippen LogP contribution in [0.1, 0.15) is 16.7 Å². The summed E-state index contributed by atoms with van der Waals surface area (Å²) in [5, 5.41) is 3.36. The number of nitrogens with zero attached hydrogens (tertiary/aromatic N) is 1. The van der Waals surface area contributed by atoms with Crippen molar-refractivity contribution in [2.75, 3.05) is 7.05 Å². The fourth-order valence-electron chi connectivity index (χ4n) is 3.38. The minimum atomic E-state index is -0.621. The van der Waals surface area contributed by atoms with Crippen LogP contribution in [-0.4, -0.2) is 29.8 Å². The highest BCUT2D eigenvalue weighted by molar-refractivity contribution is 6.30. The molecule has 0 aliphatic rings. The largest absolute Gasteiger partial charge is 0.357 e. The number of hydrogen-bond donors (Lipinski definition) is 1. The van der Waals surface area contributed by atoms with E-state index in [1.807, 2.05) is 72.8 Å². The second kappa shape index (κ2) is 10.6. The molecule has 3 aromatic rings. The second-order valence-electron chi connectivity index (χ2n) is 7.13. The first-order valence-electron chi connectivity index (χ1n) is 9.90. The monoisotopic (exact) mass is 420 g/mol. The molecule has 4 nitrogen and oxygen atoms in total. The van der Waals surface area contributed by atoms with Crippen LogP contribution in [-0.2, 0) is 29.0 Å². The summed E-state index contributed by atoms with van der Waals surface area (Å²) in [6.45, 7) is 0.327. The fraction of sp³-hybridized carbons (Fsp3) is 0.200. The molecule has 0 radical (unpaired) electrons. The SMILES string of the molecule is CNC(=O)[C@H](Cc1ccccc1)N(Cc1ccc(Cl)cc1)C(=O)Cc1ccccc1. The number of benzene rings is 3. The molecule has 0 saturated carbocycles. The molecule has 0 bridgehead atoms. The predicted molar refractivity (Wildman–Crippen MR) is 120 cm³/mol. The second-order valence-corrected chi connectivity index (χ2v) is 7.57. The summed E-state index contributed by atoms with van der Waals surface area (Å²) in [5.74, 6) is -0.282.